The number of pyridine rings is 1. The molecule has 1 aromatic heterocycles. The zero-order valence-corrected chi connectivity index (χ0v) is 17.0. The van der Waals surface area contributed by atoms with E-state index in [1.807, 2.05) is 0 Å². The molecule has 0 amide bonds. The summed E-state index contributed by atoms with van der Waals surface area (Å²) >= 11 is 3.04. The number of hydrogen-bond donors (Lipinski definition) is 0. The van der Waals surface area contributed by atoms with Gasteiger partial charge in [0, 0.05) is 22.9 Å². The minimum Gasteiger partial charge on any atom is -0.487 e. The second-order valence-corrected chi connectivity index (χ2v) is 7.02. The van der Waals surface area contributed by atoms with E-state index in [-0.39, 0.29) is 27.0 Å². The van der Waals surface area contributed by atoms with Crippen LogP contribution in [0.3, 0.4) is 0 Å². The van der Waals surface area contributed by atoms with Crippen molar-refractivity contribution in [2.24, 2.45) is 5.18 Å². The van der Waals surface area contributed by atoms with Crippen molar-refractivity contribution in [1.29, 1.82) is 0 Å². The van der Waals surface area contributed by atoms with Crippen molar-refractivity contribution in [3.63, 3.8) is 0 Å². The summed E-state index contributed by atoms with van der Waals surface area (Å²) in [6.45, 7) is 0.487. The molecular formula is C20H13BrF4N2O3. The number of hydrogen-bond acceptors (Lipinski definition) is 4. The lowest BCUT2D eigenvalue weighted by Crippen LogP contribution is -2.26. The molecule has 1 heterocycles. The maximum atomic E-state index is 14.3. The Morgan fingerprint density at radius 2 is 1.73 bits per heavy atom. The Kier molecular flexibility index (Phi) is 6.35. The molecule has 0 aliphatic rings. The highest BCUT2D eigenvalue weighted by Gasteiger charge is 2.24. The number of benzene rings is 2. The van der Waals surface area contributed by atoms with Gasteiger partial charge in [-0.2, -0.15) is 4.91 Å². The minimum atomic E-state index is -0.987. The Bertz CT molecular complexity index is 1180. The van der Waals surface area contributed by atoms with E-state index in [0.717, 1.165) is 28.8 Å². The van der Waals surface area contributed by atoms with Crippen LogP contribution in [0.25, 0.3) is 5.69 Å². The number of aromatic nitrogens is 1. The number of nitrogens with zero attached hydrogens (tertiary/aromatic N) is 2. The van der Waals surface area contributed by atoms with Crippen molar-refractivity contribution in [3.8, 4) is 11.4 Å². The summed E-state index contributed by atoms with van der Waals surface area (Å²) in [5.74, 6) is -3.74. The lowest BCUT2D eigenvalue weighted by atomic mass is 10.1. The SMILES string of the molecule is Cc1c(CN=O)c(OCc2ccc(F)cc2F)c(Br)c(=O)n1-c1c(F)cccc1F. The van der Waals surface area contributed by atoms with E-state index in [2.05, 4.69) is 21.1 Å². The minimum absolute atomic E-state index is 0.00436. The quantitative estimate of drug-likeness (QED) is 0.351. The van der Waals surface area contributed by atoms with Gasteiger partial charge in [0.25, 0.3) is 5.56 Å². The molecule has 0 spiro atoms. The van der Waals surface area contributed by atoms with Crippen LogP contribution >= 0.6 is 15.9 Å². The standard InChI is InChI=1S/C20H13BrF4N2O3/c1-10-13(8-26-29)19(30-9-11-5-6-12(22)7-16(11)25)17(21)20(28)27(10)18-14(23)3-2-4-15(18)24/h2-7H,8-9H2,1H3. The average molecular weight is 485 g/mol. The first-order valence-electron chi connectivity index (χ1n) is 8.50. The largest absolute Gasteiger partial charge is 0.487 e. The van der Waals surface area contributed by atoms with Crippen LogP contribution in [0.1, 0.15) is 16.8 Å². The first kappa shape index (κ1) is 21.7. The summed E-state index contributed by atoms with van der Waals surface area (Å²) in [4.78, 5) is 23.8. The van der Waals surface area contributed by atoms with Crippen molar-refractivity contribution in [1.82, 2.24) is 4.57 Å². The average Bonchev–Trinajstić information content (AvgIpc) is 2.69. The van der Waals surface area contributed by atoms with E-state index < -0.39 is 47.7 Å². The van der Waals surface area contributed by atoms with Gasteiger partial charge in [-0.1, -0.05) is 11.2 Å². The molecule has 3 rings (SSSR count). The highest BCUT2D eigenvalue weighted by atomic mass is 79.9. The maximum absolute atomic E-state index is 14.3. The second kappa shape index (κ2) is 8.78. The van der Waals surface area contributed by atoms with E-state index >= 15 is 0 Å². The van der Waals surface area contributed by atoms with Gasteiger partial charge in [-0.05, 0) is 47.1 Å². The Hall–Kier alpha value is -3.01. The molecule has 0 bridgehead atoms. The number of para-hydroxylation sites is 1. The summed E-state index contributed by atoms with van der Waals surface area (Å²) in [7, 11) is 0. The molecule has 0 saturated heterocycles. The fourth-order valence-electron chi connectivity index (χ4n) is 2.94. The summed E-state index contributed by atoms with van der Waals surface area (Å²) in [5.41, 5.74) is -1.40. The third-order valence-electron chi connectivity index (χ3n) is 4.41. The molecule has 0 radical (unpaired) electrons. The van der Waals surface area contributed by atoms with Crippen molar-refractivity contribution in [3.05, 3.63) is 96.2 Å². The first-order valence-corrected chi connectivity index (χ1v) is 9.29. The molecule has 0 fully saturated rings. The van der Waals surface area contributed by atoms with Gasteiger partial charge in [-0.15, -0.1) is 0 Å². The molecule has 5 nitrogen and oxygen atoms in total. The van der Waals surface area contributed by atoms with Crippen LogP contribution < -0.4 is 10.3 Å². The predicted molar refractivity (Wildman–Crippen MR) is 105 cm³/mol. The van der Waals surface area contributed by atoms with Gasteiger partial charge in [-0.25, -0.2) is 17.6 Å². The van der Waals surface area contributed by atoms with Crippen molar-refractivity contribution >= 4 is 15.9 Å². The molecule has 156 valence electrons. The smallest absolute Gasteiger partial charge is 0.273 e. The summed E-state index contributed by atoms with van der Waals surface area (Å²) in [5, 5.41) is 2.78. The van der Waals surface area contributed by atoms with Crippen LogP contribution in [0, 0.1) is 35.1 Å². The van der Waals surface area contributed by atoms with Crippen molar-refractivity contribution in [2.45, 2.75) is 20.1 Å². The predicted octanol–water partition coefficient (Wildman–Crippen LogP) is 5.31. The van der Waals surface area contributed by atoms with Crippen LogP contribution in [0.4, 0.5) is 17.6 Å². The molecular weight excluding hydrogens is 472 g/mol. The lowest BCUT2D eigenvalue weighted by Gasteiger charge is -2.19. The molecule has 10 heteroatoms. The van der Waals surface area contributed by atoms with Gasteiger partial charge in [-0.3, -0.25) is 9.36 Å². The van der Waals surface area contributed by atoms with Crippen LogP contribution in [0.15, 0.2) is 50.8 Å². The van der Waals surface area contributed by atoms with E-state index in [4.69, 9.17) is 4.74 Å². The third-order valence-corrected chi connectivity index (χ3v) is 5.11. The van der Waals surface area contributed by atoms with E-state index in [1.54, 1.807) is 0 Å². The van der Waals surface area contributed by atoms with Gasteiger partial charge < -0.3 is 4.74 Å². The van der Waals surface area contributed by atoms with Crippen LogP contribution in [0.2, 0.25) is 0 Å². The molecule has 0 atom stereocenters. The van der Waals surface area contributed by atoms with E-state index in [1.165, 1.54) is 13.0 Å². The normalized spacial score (nSPS) is 10.9. The zero-order chi connectivity index (χ0) is 22.0. The highest BCUT2D eigenvalue weighted by molar-refractivity contribution is 9.10. The van der Waals surface area contributed by atoms with Crippen LogP contribution in [0.5, 0.6) is 5.75 Å². The number of rotatable bonds is 6. The Morgan fingerprint density at radius 3 is 2.33 bits per heavy atom. The molecule has 0 saturated carbocycles. The summed E-state index contributed by atoms with van der Waals surface area (Å²) in [6.07, 6.45) is 0. The van der Waals surface area contributed by atoms with Crippen molar-refractivity contribution in [2.75, 3.05) is 0 Å². The van der Waals surface area contributed by atoms with Gasteiger partial charge in [0.1, 0.15) is 52.3 Å². The fourth-order valence-corrected chi connectivity index (χ4v) is 3.47. The lowest BCUT2D eigenvalue weighted by molar-refractivity contribution is 0.292. The molecule has 0 unspecified atom stereocenters. The molecule has 0 N–H and O–H groups in total. The maximum Gasteiger partial charge on any atom is 0.273 e. The van der Waals surface area contributed by atoms with E-state index in [9.17, 15) is 27.3 Å². The topological polar surface area (TPSA) is 60.7 Å². The van der Waals surface area contributed by atoms with Gasteiger partial charge >= 0.3 is 0 Å². The Morgan fingerprint density at radius 1 is 1.07 bits per heavy atom. The molecule has 2 aromatic carbocycles. The number of nitroso groups, excluding NO2 is 1. The summed E-state index contributed by atoms with van der Waals surface area (Å²) < 4.78 is 61.6. The second-order valence-electron chi connectivity index (χ2n) is 6.23. The van der Waals surface area contributed by atoms with Crippen LogP contribution in [-0.4, -0.2) is 4.57 Å². The molecule has 30 heavy (non-hydrogen) atoms. The summed E-state index contributed by atoms with van der Waals surface area (Å²) in [6, 6.07) is 5.99. The highest BCUT2D eigenvalue weighted by Crippen LogP contribution is 2.32. The van der Waals surface area contributed by atoms with Gasteiger partial charge in [0.2, 0.25) is 0 Å². The zero-order valence-electron chi connectivity index (χ0n) is 15.4. The molecule has 3 aromatic rings. The van der Waals surface area contributed by atoms with E-state index in [0.29, 0.717) is 6.07 Å². The first-order chi connectivity index (χ1) is 14.3. The van der Waals surface area contributed by atoms with Crippen LogP contribution in [-0.2, 0) is 13.2 Å². The monoisotopic (exact) mass is 484 g/mol. The molecule has 0 aliphatic carbocycles. The van der Waals surface area contributed by atoms with Gasteiger partial charge in [0.05, 0.1) is 0 Å². The van der Waals surface area contributed by atoms with Crippen molar-refractivity contribution < 1.29 is 22.3 Å². The molecule has 0 aliphatic heterocycles. The van der Waals surface area contributed by atoms with Gasteiger partial charge in [0.15, 0.2) is 0 Å². The number of ether oxygens (including phenoxy) is 1. The Labute approximate surface area is 176 Å². The fraction of sp³-hybridized carbons (Fsp3) is 0.150. The third kappa shape index (κ3) is 4.00. The Balaban J connectivity index is 2.15. The number of halogens is 5.